The molecule has 1 heteroatoms. The number of rotatable bonds is 0. The summed E-state index contributed by atoms with van der Waals surface area (Å²) in [7, 11) is 0. The topological polar surface area (TPSA) is 0 Å². The second kappa shape index (κ2) is 13.8. The maximum absolute atomic E-state index is 3.25. The van der Waals surface area contributed by atoms with E-state index < -0.39 is 0 Å². The normalized spacial score (nSPS) is 6.62. The third-order valence-corrected chi connectivity index (χ3v) is 1.11. The Hall–Kier alpha value is -0.781. The van der Waals surface area contributed by atoms with Crippen LogP contribution in [0.5, 0.6) is 0 Å². The van der Waals surface area contributed by atoms with Crippen molar-refractivity contribution in [3.05, 3.63) is 67.6 Å². The van der Waals surface area contributed by atoms with E-state index in [1.807, 2.05) is 60.7 Å². The molecule has 0 bridgehead atoms. The van der Waals surface area contributed by atoms with E-state index in [0.29, 0.717) is 0 Å². The Kier molecular flexibility index (Phi) is 15.6. The van der Waals surface area contributed by atoms with E-state index in [-0.39, 0.29) is 17.1 Å². The SMILES string of the molecule is [CH2-]C.[Fe+5].c1cc[cH-]c1.c1cc[cH-]c1. The van der Waals surface area contributed by atoms with Gasteiger partial charge in [0.2, 0.25) is 0 Å². The molecular weight excluding hydrogens is 200 g/mol. The Morgan fingerprint density at radius 2 is 0.923 bits per heavy atom. The molecule has 0 amide bonds. The van der Waals surface area contributed by atoms with Crippen LogP contribution in [0.25, 0.3) is 0 Å². The molecule has 0 heterocycles. The summed E-state index contributed by atoms with van der Waals surface area (Å²) < 4.78 is 0. The van der Waals surface area contributed by atoms with E-state index in [9.17, 15) is 0 Å². The third kappa shape index (κ3) is 11.2. The summed E-state index contributed by atoms with van der Waals surface area (Å²) in [5.74, 6) is 0. The summed E-state index contributed by atoms with van der Waals surface area (Å²) in [6, 6.07) is 20.0. The van der Waals surface area contributed by atoms with Crippen LogP contribution in [0.1, 0.15) is 6.92 Å². The van der Waals surface area contributed by atoms with Crippen LogP contribution in [0, 0.1) is 6.92 Å². The fourth-order valence-electron chi connectivity index (χ4n) is 0.642. The molecule has 0 aliphatic heterocycles. The van der Waals surface area contributed by atoms with Crippen molar-refractivity contribution in [1.82, 2.24) is 0 Å². The molecule has 2 aromatic rings. The van der Waals surface area contributed by atoms with Crippen LogP contribution < -0.4 is 0 Å². The van der Waals surface area contributed by atoms with Gasteiger partial charge in [0.1, 0.15) is 0 Å². The first-order valence-electron chi connectivity index (χ1n) is 4.04. The second-order valence-electron chi connectivity index (χ2n) is 1.92. The summed E-state index contributed by atoms with van der Waals surface area (Å²) >= 11 is 0. The van der Waals surface area contributed by atoms with Crippen LogP contribution in [-0.2, 0) is 17.1 Å². The molecule has 0 saturated heterocycles. The fraction of sp³-hybridized carbons (Fsp3) is 0.0833. The fourth-order valence-corrected chi connectivity index (χ4v) is 0.642. The minimum atomic E-state index is 0. The van der Waals surface area contributed by atoms with Gasteiger partial charge in [-0.25, -0.2) is 24.3 Å². The van der Waals surface area contributed by atoms with Gasteiger partial charge in [-0.3, -0.25) is 0 Å². The zero-order chi connectivity index (χ0) is 9.07. The first-order valence-corrected chi connectivity index (χ1v) is 4.04. The summed E-state index contributed by atoms with van der Waals surface area (Å²) in [6.45, 7) is 5.00. The van der Waals surface area contributed by atoms with Crippen molar-refractivity contribution in [3.8, 4) is 0 Å². The maximum atomic E-state index is 3.25. The van der Waals surface area contributed by atoms with Gasteiger partial charge >= 0.3 is 17.1 Å². The molecule has 0 atom stereocenters. The smallest absolute Gasteiger partial charge is 0.346 e. The van der Waals surface area contributed by atoms with Crippen molar-refractivity contribution >= 4 is 0 Å². The Balaban J connectivity index is 0. The summed E-state index contributed by atoms with van der Waals surface area (Å²) in [6.07, 6.45) is 0. The maximum Gasteiger partial charge on any atom is 5.00 e. The van der Waals surface area contributed by atoms with E-state index in [2.05, 4.69) is 6.92 Å². The first kappa shape index (κ1) is 14.7. The van der Waals surface area contributed by atoms with Crippen LogP contribution >= 0.6 is 0 Å². The molecule has 0 nitrogen and oxygen atoms in total. The predicted octanol–water partition coefficient (Wildman–Crippen LogP) is 3.65. The standard InChI is InChI=1S/2C5H5.C2H5.Fe/c2*1-2-4-5-3-1;1-2;/h2*1-5H;1H2,2H3;/q3*-1;+5. The van der Waals surface area contributed by atoms with Gasteiger partial charge in [-0.2, -0.15) is 43.3 Å². The van der Waals surface area contributed by atoms with Crippen molar-refractivity contribution < 1.29 is 17.1 Å². The van der Waals surface area contributed by atoms with Crippen molar-refractivity contribution in [3.63, 3.8) is 0 Å². The first-order chi connectivity index (χ1) is 6.00. The molecule has 2 rings (SSSR count). The Morgan fingerprint density at radius 1 is 0.692 bits per heavy atom. The molecule has 2 aromatic carbocycles. The number of hydrogen-bond donors (Lipinski definition) is 0. The molecule has 0 aliphatic carbocycles. The van der Waals surface area contributed by atoms with Crippen LogP contribution in [0.3, 0.4) is 0 Å². The quantitative estimate of drug-likeness (QED) is 0.464. The van der Waals surface area contributed by atoms with E-state index >= 15 is 0 Å². The van der Waals surface area contributed by atoms with Crippen molar-refractivity contribution in [2.45, 2.75) is 6.92 Å². The van der Waals surface area contributed by atoms with Gasteiger partial charge in [-0.1, -0.05) is 0 Å². The van der Waals surface area contributed by atoms with E-state index in [1.54, 1.807) is 6.92 Å². The number of hydrogen-bond acceptors (Lipinski definition) is 0. The van der Waals surface area contributed by atoms with Crippen molar-refractivity contribution in [2.24, 2.45) is 0 Å². The minimum absolute atomic E-state index is 0. The van der Waals surface area contributed by atoms with Gasteiger partial charge in [0, 0.05) is 0 Å². The average molecular weight is 215 g/mol. The zero-order valence-electron chi connectivity index (χ0n) is 7.83. The molecule has 0 N–H and O–H groups in total. The molecular formula is C12H15Fe+2. The van der Waals surface area contributed by atoms with Gasteiger partial charge < -0.3 is 6.92 Å². The second-order valence-corrected chi connectivity index (χ2v) is 1.92. The monoisotopic (exact) mass is 215 g/mol. The minimum Gasteiger partial charge on any atom is -0.346 e. The summed E-state index contributed by atoms with van der Waals surface area (Å²) in [4.78, 5) is 0. The molecule has 69 valence electrons. The molecule has 0 unspecified atom stereocenters. The summed E-state index contributed by atoms with van der Waals surface area (Å²) in [5.41, 5.74) is 0. The van der Waals surface area contributed by atoms with Crippen molar-refractivity contribution in [2.75, 3.05) is 0 Å². The van der Waals surface area contributed by atoms with Crippen LogP contribution in [0.2, 0.25) is 0 Å². The molecule has 0 spiro atoms. The molecule has 0 fully saturated rings. The molecule has 13 heavy (non-hydrogen) atoms. The largest absolute Gasteiger partial charge is 5.00 e. The van der Waals surface area contributed by atoms with Crippen LogP contribution in [0.15, 0.2) is 60.7 Å². The molecule has 0 saturated carbocycles. The van der Waals surface area contributed by atoms with E-state index in [0.717, 1.165) is 0 Å². The third-order valence-electron chi connectivity index (χ3n) is 1.11. The van der Waals surface area contributed by atoms with Gasteiger partial charge in [0.15, 0.2) is 0 Å². The van der Waals surface area contributed by atoms with E-state index in [4.69, 9.17) is 0 Å². The van der Waals surface area contributed by atoms with Crippen molar-refractivity contribution in [1.29, 1.82) is 0 Å². The van der Waals surface area contributed by atoms with Gasteiger partial charge in [0.25, 0.3) is 0 Å². The average Bonchev–Trinajstić information content (AvgIpc) is 2.87. The van der Waals surface area contributed by atoms with Gasteiger partial charge in [-0.05, 0) is 0 Å². The Morgan fingerprint density at radius 3 is 1.00 bits per heavy atom. The van der Waals surface area contributed by atoms with E-state index in [1.165, 1.54) is 0 Å². The van der Waals surface area contributed by atoms with Crippen LogP contribution in [-0.4, -0.2) is 0 Å². The predicted molar refractivity (Wildman–Crippen MR) is 55.1 cm³/mol. The molecule has 0 aromatic heterocycles. The van der Waals surface area contributed by atoms with Gasteiger partial charge in [0.05, 0.1) is 0 Å². The Labute approximate surface area is 91.8 Å². The molecule has 0 aliphatic rings. The van der Waals surface area contributed by atoms with Gasteiger partial charge in [-0.15, -0.1) is 0 Å². The van der Waals surface area contributed by atoms with Crippen LogP contribution in [0.4, 0.5) is 0 Å². The molecule has 1 radical (unpaired) electrons. The zero-order valence-corrected chi connectivity index (χ0v) is 8.94. The Bertz CT molecular complexity index is 144. The summed E-state index contributed by atoms with van der Waals surface area (Å²) in [5, 5.41) is 0.